The third kappa shape index (κ3) is 3.33. The smallest absolute Gasteiger partial charge is 0.142 e. The van der Waals surface area contributed by atoms with Crippen molar-refractivity contribution in [2.24, 2.45) is 5.73 Å². The fourth-order valence-corrected chi connectivity index (χ4v) is 2.41. The molecule has 104 valence electrons. The first-order valence-electron chi connectivity index (χ1n) is 5.71. The van der Waals surface area contributed by atoms with E-state index in [-0.39, 0.29) is 4.99 Å². The fraction of sp³-hybridized carbons (Fsp3) is 0.0714. The molecule has 0 aliphatic carbocycles. The van der Waals surface area contributed by atoms with E-state index in [9.17, 15) is 0 Å². The molecule has 2 rings (SSSR count). The zero-order valence-corrected chi connectivity index (χ0v) is 12.9. The van der Waals surface area contributed by atoms with Crippen LogP contribution in [0, 0.1) is 0 Å². The lowest BCUT2D eigenvalue weighted by Gasteiger charge is -2.12. The van der Waals surface area contributed by atoms with Crippen LogP contribution in [0.2, 0.25) is 10.0 Å². The van der Waals surface area contributed by atoms with Gasteiger partial charge in [0.15, 0.2) is 0 Å². The molecule has 0 bridgehead atoms. The van der Waals surface area contributed by atoms with E-state index in [0.29, 0.717) is 21.4 Å². The lowest BCUT2D eigenvalue weighted by atomic mass is 10.2. The number of hydrogen-bond donors (Lipinski definition) is 2. The molecule has 2 aromatic carbocycles. The summed E-state index contributed by atoms with van der Waals surface area (Å²) < 4.78 is 5.27. The molecule has 6 heteroatoms. The Balaban J connectivity index is 2.33. The van der Waals surface area contributed by atoms with Gasteiger partial charge in [-0.1, -0.05) is 35.4 Å². The molecular weight excluding hydrogens is 315 g/mol. The summed E-state index contributed by atoms with van der Waals surface area (Å²) in [6.45, 7) is 0. The molecule has 2 aromatic rings. The number of anilines is 2. The van der Waals surface area contributed by atoms with Gasteiger partial charge in [0.05, 0.1) is 17.8 Å². The van der Waals surface area contributed by atoms with Gasteiger partial charge in [0.2, 0.25) is 0 Å². The van der Waals surface area contributed by atoms with Gasteiger partial charge in [-0.3, -0.25) is 0 Å². The number of hydrogen-bond acceptors (Lipinski definition) is 3. The van der Waals surface area contributed by atoms with Crippen molar-refractivity contribution in [2.75, 3.05) is 12.4 Å². The number of rotatable bonds is 4. The minimum absolute atomic E-state index is 0.266. The topological polar surface area (TPSA) is 47.3 Å². The highest BCUT2D eigenvalue weighted by atomic mass is 35.5. The van der Waals surface area contributed by atoms with Crippen LogP contribution in [0.5, 0.6) is 5.75 Å². The summed E-state index contributed by atoms with van der Waals surface area (Å²) in [4.78, 5) is 0.266. The van der Waals surface area contributed by atoms with Gasteiger partial charge in [-0.2, -0.15) is 0 Å². The predicted octanol–water partition coefficient (Wildman–Crippen LogP) is 4.38. The lowest BCUT2D eigenvalue weighted by Crippen LogP contribution is -2.10. The first kappa shape index (κ1) is 14.9. The number of halogens is 2. The van der Waals surface area contributed by atoms with E-state index in [1.54, 1.807) is 37.4 Å². The van der Waals surface area contributed by atoms with Gasteiger partial charge in [-0.15, -0.1) is 0 Å². The van der Waals surface area contributed by atoms with Gasteiger partial charge >= 0.3 is 0 Å². The summed E-state index contributed by atoms with van der Waals surface area (Å²) >= 11 is 17.0. The zero-order valence-electron chi connectivity index (χ0n) is 10.6. The second kappa shape index (κ2) is 6.31. The maximum atomic E-state index is 6.13. The SMILES string of the molecule is COc1ccc(Cl)cc1Nc1ccc(C(N)=S)c(Cl)c1. The largest absolute Gasteiger partial charge is 0.495 e. The molecule has 3 N–H and O–H groups in total. The van der Waals surface area contributed by atoms with Crippen molar-refractivity contribution < 1.29 is 4.74 Å². The number of thiocarbonyl (C=S) groups is 1. The van der Waals surface area contributed by atoms with E-state index >= 15 is 0 Å². The number of nitrogens with one attached hydrogen (secondary N) is 1. The van der Waals surface area contributed by atoms with Gasteiger partial charge in [-0.05, 0) is 36.4 Å². The Bertz CT molecular complexity index is 662. The van der Waals surface area contributed by atoms with E-state index in [4.69, 9.17) is 45.9 Å². The Morgan fingerprint density at radius 2 is 1.95 bits per heavy atom. The van der Waals surface area contributed by atoms with Crippen molar-refractivity contribution in [3.8, 4) is 5.75 Å². The molecule has 0 atom stereocenters. The predicted molar refractivity (Wildman–Crippen MR) is 88.6 cm³/mol. The number of nitrogens with two attached hydrogens (primary N) is 1. The van der Waals surface area contributed by atoms with Gasteiger partial charge in [0.1, 0.15) is 10.7 Å². The lowest BCUT2D eigenvalue weighted by molar-refractivity contribution is 0.417. The molecule has 0 amide bonds. The van der Waals surface area contributed by atoms with Gasteiger partial charge < -0.3 is 15.8 Å². The maximum absolute atomic E-state index is 6.13. The highest BCUT2D eigenvalue weighted by Crippen LogP contribution is 2.31. The number of ether oxygens (including phenoxy) is 1. The first-order valence-corrected chi connectivity index (χ1v) is 6.87. The summed E-state index contributed by atoms with van der Waals surface area (Å²) in [5.41, 5.74) is 7.75. The van der Waals surface area contributed by atoms with Crippen molar-refractivity contribution >= 4 is 51.8 Å². The highest BCUT2D eigenvalue weighted by Gasteiger charge is 2.07. The van der Waals surface area contributed by atoms with Crippen molar-refractivity contribution in [1.82, 2.24) is 0 Å². The van der Waals surface area contributed by atoms with E-state index < -0.39 is 0 Å². The van der Waals surface area contributed by atoms with Crippen molar-refractivity contribution in [2.45, 2.75) is 0 Å². The van der Waals surface area contributed by atoms with Crippen molar-refractivity contribution in [3.63, 3.8) is 0 Å². The van der Waals surface area contributed by atoms with E-state index in [1.807, 2.05) is 6.07 Å². The minimum Gasteiger partial charge on any atom is -0.495 e. The maximum Gasteiger partial charge on any atom is 0.142 e. The molecule has 0 aromatic heterocycles. The molecular formula is C14H12Cl2N2OS. The Hall–Kier alpha value is -1.49. The summed E-state index contributed by atoms with van der Waals surface area (Å²) in [5.74, 6) is 0.684. The molecule has 0 aliphatic rings. The van der Waals surface area contributed by atoms with Gasteiger partial charge in [0, 0.05) is 16.3 Å². The van der Waals surface area contributed by atoms with Crippen LogP contribution in [-0.4, -0.2) is 12.1 Å². The molecule has 0 spiro atoms. The summed E-state index contributed by atoms with van der Waals surface area (Å²) in [6, 6.07) is 10.7. The summed E-state index contributed by atoms with van der Waals surface area (Å²) in [5, 5.41) is 4.29. The van der Waals surface area contributed by atoms with E-state index in [0.717, 1.165) is 11.4 Å². The zero-order chi connectivity index (χ0) is 14.7. The Morgan fingerprint density at radius 1 is 1.20 bits per heavy atom. The van der Waals surface area contributed by atoms with Crippen LogP contribution in [-0.2, 0) is 0 Å². The van der Waals surface area contributed by atoms with Crippen molar-refractivity contribution in [3.05, 3.63) is 52.0 Å². The van der Waals surface area contributed by atoms with Crippen LogP contribution in [0.25, 0.3) is 0 Å². The average Bonchev–Trinajstić information content (AvgIpc) is 2.38. The van der Waals surface area contributed by atoms with E-state index in [2.05, 4.69) is 5.32 Å². The average molecular weight is 327 g/mol. The minimum atomic E-state index is 0.266. The molecule has 0 fully saturated rings. The molecule has 0 saturated heterocycles. The van der Waals surface area contributed by atoms with Crippen LogP contribution in [0.3, 0.4) is 0 Å². The van der Waals surface area contributed by atoms with E-state index in [1.165, 1.54) is 0 Å². The van der Waals surface area contributed by atoms with Crippen molar-refractivity contribution in [1.29, 1.82) is 0 Å². The Kier molecular flexibility index (Phi) is 4.70. The molecule has 0 unspecified atom stereocenters. The van der Waals surface area contributed by atoms with Gasteiger partial charge in [-0.25, -0.2) is 0 Å². The van der Waals surface area contributed by atoms with Crippen LogP contribution in [0.1, 0.15) is 5.56 Å². The third-order valence-corrected chi connectivity index (χ3v) is 3.44. The summed E-state index contributed by atoms with van der Waals surface area (Å²) in [7, 11) is 1.59. The first-order chi connectivity index (χ1) is 9.51. The standard InChI is InChI=1S/C14H12Cl2N2OS/c1-19-13-5-2-8(15)6-12(13)18-9-3-4-10(14(17)20)11(16)7-9/h2-7,18H,1H3,(H2,17,20). The summed E-state index contributed by atoms with van der Waals surface area (Å²) in [6.07, 6.45) is 0. The van der Waals surface area contributed by atoms with Crippen LogP contribution in [0.15, 0.2) is 36.4 Å². The molecule has 0 radical (unpaired) electrons. The monoisotopic (exact) mass is 326 g/mol. The Labute approximate surface area is 132 Å². The Morgan fingerprint density at radius 3 is 2.55 bits per heavy atom. The number of benzene rings is 2. The highest BCUT2D eigenvalue weighted by molar-refractivity contribution is 7.80. The normalized spacial score (nSPS) is 10.2. The molecule has 20 heavy (non-hydrogen) atoms. The molecule has 3 nitrogen and oxygen atoms in total. The molecule has 0 aliphatic heterocycles. The fourth-order valence-electron chi connectivity index (χ4n) is 1.73. The van der Waals surface area contributed by atoms with Crippen LogP contribution in [0.4, 0.5) is 11.4 Å². The molecule has 0 saturated carbocycles. The number of methoxy groups -OCH3 is 1. The van der Waals surface area contributed by atoms with Crippen LogP contribution >= 0.6 is 35.4 Å². The second-order valence-corrected chi connectivity index (χ2v) is 5.31. The third-order valence-electron chi connectivity index (χ3n) is 2.68. The quantitative estimate of drug-likeness (QED) is 0.818. The van der Waals surface area contributed by atoms with Crippen LogP contribution < -0.4 is 15.8 Å². The second-order valence-electron chi connectivity index (χ2n) is 4.03. The van der Waals surface area contributed by atoms with Gasteiger partial charge in [0.25, 0.3) is 0 Å². The molecule has 0 heterocycles.